The molecule has 0 aromatic heterocycles. The summed E-state index contributed by atoms with van der Waals surface area (Å²) in [5.74, 6) is 0.798. The summed E-state index contributed by atoms with van der Waals surface area (Å²) in [6.45, 7) is 2.21. The van der Waals surface area contributed by atoms with Crippen molar-refractivity contribution in [3.63, 3.8) is 0 Å². The molecular formula is C16H21BrO2. The number of carbonyl (C=O) groups excluding carboxylic acids is 1. The summed E-state index contributed by atoms with van der Waals surface area (Å²) in [4.78, 5) is 12.6. The average molecular weight is 325 g/mol. The lowest BCUT2D eigenvalue weighted by Gasteiger charge is -2.37. The molecule has 0 radical (unpaired) electrons. The maximum atomic E-state index is 12.6. The van der Waals surface area contributed by atoms with E-state index in [2.05, 4.69) is 22.9 Å². The first kappa shape index (κ1) is 14.7. The molecule has 2 unspecified atom stereocenters. The van der Waals surface area contributed by atoms with Gasteiger partial charge in [0.1, 0.15) is 5.60 Å². The van der Waals surface area contributed by atoms with E-state index in [1.807, 2.05) is 24.3 Å². The highest BCUT2D eigenvalue weighted by molar-refractivity contribution is 9.10. The fourth-order valence-electron chi connectivity index (χ4n) is 3.00. The van der Waals surface area contributed by atoms with Crippen LogP contribution in [0.4, 0.5) is 0 Å². The van der Waals surface area contributed by atoms with Gasteiger partial charge in [0.05, 0.1) is 0 Å². The topological polar surface area (TPSA) is 26.3 Å². The summed E-state index contributed by atoms with van der Waals surface area (Å²) >= 11 is 3.41. The number of ketones is 1. The Labute approximate surface area is 123 Å². The molecule has 0 aliphatic heterocycles. The highest BCUT2D eigenvalue weighted by Crippen LogP contribution is 2.36. The molecule has 2 atom stereocenters. The monoisotopic (exact) mass is 324 g/mol. The van der Waals surface area contributed by atoms with Gasteiger partial charge in [-0.3, -0.25) is 4.79 Å². The molecule has 0 heterocycles. The normalized spacial score (nSPS) is 27.2. The highest BCUT2D eigenvalue weighted by atomic mass is 79.9. The van der Waals surface area contributed by atoms with Gasteiger partial charge in [-0.05, 0) is 42.9 Å². The summed E-state index contributed by atoms with van der Waals surface area (Å²) < 4.78 is 6.69. The van der Waals surface area contributed by atoms with E-state index in [1.54, 1.807) is 7.11 Å². The number of methoxy groups -OCH3 is 1. The van der Waals surface area contributed by atoms with Crippen LogP contribution in [0.25, 0.3) is 0 Å². The Balaban J connectivity index is 2.10. The van der Waals surface area contributed by atoms with Crippen LogP contribution in [0.2, 0.25) is 0 Å². The van der Waals surface area contributed by atoms with Crippen molar-refractivity contribution in [3.05, 3.63) is 34.3 Å². The van der Waals surface area contributed by atoms with Gasteiger partial charge in [0, 0.05) is 18.0 Å². The predicted octanol–water partition coefficient (Wildman–Crippen LogP) is 4.16. The lowest BCUT2D eigenvalue weighted by atomic mass is 9.75. The quantitative estimate of drug-likeness (QED) is 0.831. The number of hydrogen-bond acceptors (Lipinski definition) is 2. The van der Waals surface area contributed by atoms with Gasteiger partial charge in [0.2, 0.25) is 0 Å². The maximum Gasteiger partial charge on any atom is 0.168 e. The number of benzene rings is 1. The van der Waals surface area contributed by atoms with Crippen molar-refractivity contribution in [2.75, 3.05) is 7.11 Å². The van der Waals surface area contributed by atoms with E-state index in [4.69, 9.17) is 4.74 Å². The van der Waals surface area contributed by atoms with Crippen LogP contribution in [0.15, 0.2) is 28.7 Å². The van der Waals surface area contributed by atoms with Crippen LogP contribution in [0.1, 0.15) is 38.2 Å². The van der Waals surface area contributed by atoms with Crippen LogP contribution in [0.3, 0.4) is 0 Å². The van der Waals surface area contributed by atoms with Crippen LogP contribution in [-0.4, -0.2) is 18.5 Å². The number of rotatable bonds is 4. The third-order valence-electron chi connectivity index (χ3n) is 4.13. The van der Waals surface area contributed by atoms with E-state index in [0.29, 0.717) is 12.3 Å². The fourth-order valence-corrected chi connectivity index (χ4v) is 3.27. The maximum absolute atomic E-state index is 12.6. The fraction of sp³-hybridized carbons (Fsp3) is 0.562. The van der Waals surface area contributed by atoms with Crippen LogP contribution in [0.5, 0.6) is 0 Å². The average Bonchev–Trinajstić information content (AvgIpc) is 2.41. The lowest BCUT2D eigenvalue weighted by Crippen LogP contribution is -2.45. The molecule has 0 spiro atoms. The molecule has 0 N–H and O–H groups in total. The molecule has 2 nitrogen and oxygen atoms in total. The zero-order valence-corrected chi connectivity index (χ0v) is 13.2. The second-order valence-electron chi connectivity index (χ2n) is 5.63. The van der Waals surface area contributed by atoms with Crippen LogP contribution in [-0.2, 0) is 16.0 Å². The molecule has 1 aliphatic carbocycles. The zero-order chi connectivity index (χ0) is 13.9. The number of carbonyl (C=O) groups is 1. The first-order chi connectivity index (χ1) is 9.05. The minimum Gasteiger partial charge on any atom is -0.370 e. The second-order valence-corrected chi connectivity index (χ2v) is 6.54. The summed E-state index contributed by atoms with van der Waals surface area (Å²) in [7, 11) is 1.68. The van der Waals surface area contributed by atoms with Gasteiger partial charge in [-0.2, -0.15) is 0 Å². The van der Waals surface area contributed by atoms with Gasteiger partial charge in [0.25, 0.3) is 0 Å². The van der Waals surface area contributed by atoms with Crippen molar-refractivity contribution >= 4 is 21.7 Å². The van der Waals surface area contributed by atoms with Crippen molar-refractivity contribution in [3.8, 4) is 0 Å². The van der Waals surface area contributed by atoms with Gasteiger partial charge in [-0.25, -0.2) is 0 Å². The Bertz CT molecular complexity index is 441. The van der Waals surface area contributed by atoms with Gasteiger partial charge in [0.15, 0.2) is 5.78 Å². The molecule has 0 amide bonds. The molecule has 1 saturated carbocycles. The van der Waals surface area contributed by atoms with E-state index in [9.17, 15) is 4.79 Å². The van der Waals surface area contributed by atoms with Crippen molar-refractivity contribution in [1.29, 1.82) is 0 Å². The van der Waals surface area contributed by atoms with Gasteiger partial charge in [-0.1, -0.05) is 41.4 Å². The van der Waals surface area contributed by atoms with E-state index in [-0.39, 0.29) is 5.78 Å². The van der Waals surface area contributed by atoms with Crippen molar-refractivity contribution in [2.45, 2.75) is 44.6 Å². The van der Waals surface area contributed by atoms with Gasteiger partial charge in [-0.15, -0.1) is 0 Å². The molecule has 0 bridgehead atoms. The molecule has 1 aromatic rings. The van der Waals surface area contributed by atoms with Gasteiger partial charge >= 0.3 is 0 Å². The first-order valence-corrected chi connectivity index (χ1v) is 7.68. The van der Waals surface area contributed by atoms with E-state index in [1.165, 1.54) is 6.42 Å². The molecule has 19 heavy (non-hydrogen) atoms. The summed E-state index contributed by atoms with van der Waals surface area (Å²) in [5, 5.41) is 0. The summed E-state index contributed by atoms with van der Waals surface area (Å²) in [6.07, 6.45) is 4.48. The van der Waals surface area contributed by atoms with E-state index in [0.717, 1.165) is 29.3 Å². The molecule has 1 aromatic carbocycles. The lowest BCUT2D eigenvalue weighted by molar-refractivity contribution is -0.146. The number of halogens is 1. The zero-order valence-electron chi connectivity index (χ0n) is 11.6. The SMILES string of the molecule is COC1(C(=O)Cc2ccc(Br)cc2)CCCC(C)C1. The van der Waals surface area contributed by atoms with Crippen LogP contribution < -0.4 is 0 Å². The Kier molecular flexibility index (Phi) is 4.80. The Morgan fingerprint density at radius 1 is 1.42 bits per heavy atom. The summed E-state index contributed by atoms with van der Waals surface area (Å²) in [5.41, 5.74) is 0.507. The number of ether oxygens (including phenoxy) is 1. The first-order valence-electron chi connectivity index (χ1n) is 6.88. The Hall–Kier alpha value is -0.670. The molecule has 0 saturated heterocycles. The minimum atomic E-state index is -0.551. The van der Waals surface area contributed by atoms with Crippen molar-refractivity contribution in [1.82, 2.24) is 0 Å². The number of Topliss-reactive ketones (excluding diaryl/α,β-unsaturated/α-hetero) is 1. The standard InChI is InChI=1S/C16H21BrO2/c1-12-4-3-9-16(11-12,19-2)15(18)10-13-5-7-14(17)8-6-13/h5-8,12H,3-4,9-11H2,1-2H3. The molecule has 104 valence electrons. The largest absolute Gasteiger partial charge is 0.370 e. The Morgan fingerprint density at radius 2 is 2.11 bits per heavy atom. The van der Waals surface area contributed by atoms with E-state index < -0.39 is 5.60 Å². The third kappa shape index (κ3) is 3.46. The van der Waals surface area contributed by atoms with Crippen molar-refractivity contribution < 1.29 is 9.53 Å². The van der Waals surface area contributed by atoms with E-state index >= 15 is 0 Å². The second kappa shape index (κ2) is 6.19. The highest BCUT2D eigenvalue weighted by Gasteiger charge is 2.41. The number of hydrogen-bond donors (Lipinski definition) is 0. The molecule has 2 rings (SSSR count). The predicted molar refractivity (Wildman–Crippen MR) is 80.2 cm³/mol. The molecular weight excluding hydrogens is 304 g/mol. The minimum absolute atomic E-state index is 0.226. The van der Waals surface area contributed by atoms with Crippen LogP contribution >= 0.6 is 15.9 Å². The summed E-state index contributed by atoms with van der Waals surface area (Å²) in [6, 6.07) is 7.95. The smallest absolute Gasteiger partial charge is 0.168 e. The molecule has 1 fully saturated rings. The third-order valence-corrected chi connectivity index (χ3v) is 4.66. The molecule has 1 aliphatic rings. The van der Waals surface area contributed by atoms with Crippen molar-refractivity contribution in [2.24, 2.45) is 5.92 Å². The Morgan fingerprint density at radius 3 is 2.68 bits per heavy atom. The van der Waals surface area contributed by atoms with Crippen LogP contribution in [0, 0.1) is 5.92 Å². The molecule has 3 heteroatoms. The van der Waals surface area contributed by atoms with Gasteiger partial charge < -0.3 is 4.74 Å².